The van der Waals surface area contributed by atoms with Crippen LogP contribution in [0.4, 0.5) is 0 Å². The number of benzene rings is 1. The largest absolute Gasteiger partial charge is 0.489 e. The first-order chi connectivity index (χ1) is 9.81. The number of hydrogen-bond acceptors (Lipinski definition) is 3. The third-order valence-corrected chi connectivity index (χ3v) is 4.72. The van der Waals surface area contributed by atoms with Crippen molar-refractivity contribution in [2.24, 2.45) is 5.73 Å². The summed E-state index contributed by atoms with van der Waals surface area (Å²) < 4.78 is 6.14. The van der Waals surface area contributed by atoms with Crippen molar-refractivity contribution in [3.05, 3.63) is 50.7 Å². The van der Waals surface area contributed by atoms with Gasteiger partial charge in [-0.05, 0) is 42.5 Å². The molecule has 1 aromatic carbocycles. The molecule has 0 saturated carbocycles. The first-order valence-electron chi connectivity index (χ1n) is 7.33. The summed E-state index contributed by atoms with van der Waals surface area (Å²) in [5.74, 6) is 0.988. The predicted molar refractivity (Wildman–Crippen MR) is 91.2 cm³/mol. The Morgan fingerprint density at radius 1 is 1.14 bits per heavy atom. The minimum absolute atomic E-state index is 0.0785. The van der Waals surface area contributed by atoms with Gasteiger partial charge in [-0.3, -0.25) is 0 Å². The molecule has 0 fully saturated rings. The molecule has 1 aromatic heterocycles. The molecule has 2 nitrogen and oxygen atoms in total. The zero-order valence-corrected chi connectivity index (χ0v) is 14.4. The molecule has 0 aliphatic heterocycles. The fourth-order valence-corrected chi connectivity index (χ4v) is 3.28. The van der Waals surface area contributed by atoms with Gasteiger partial charge >= 0.3 is 0 Å². The summed E-state index contributed by atoms with van der Waals surface area (Å²) in [7, 11) is 0. The maximum atomic E-state index is 6.14. The van der Waals surface area contributed by atoms with Crippen LogP contribution in [0.15, 0.2) is 24.3 Å². The summed E-state index contributed by atoms with van der Waals surface area (Å²) in [5, 5.41) is 0. The van der Waals surface area contributed by atoms with Crippen LogP contribution in [0, 0.1) is 13.8 Å². The molecule has 21 heavy (non-hydrogen) atoms. The number of aryl methyl sites for hydroxylation is 2. The Kier molecular flexibility index (Phi) is 4.74. The van der Waals surface area contributed by atoms with Gasteiger partial charge in [0, 0.05) is 21.9 Å². The summed E-state index contributed by atoms with van der Waals surface area (Å²) in [6, 6.07) is 8.62. The molecule has 0 amide bonds. The molecule has 0 bridgehead atoms. The number of rotatable bonds is 4. The number of thiophene rings is 1. The SMILES string of the molecule is Cc1ccc(C(C)(C)C)c(OCc2cc(CN)sc2C)c1. The second kappa shape index (κ2) is 6.20. The van der Waals surface area contributed by atoms with Crippen LogP contribution in [-0.4, -0.2) is 0 Å². The van der Waals surface area contributed by atoms with E-state index >= 15 is 0 Å². The van der Waals surface area contributed by atoms with E-state index in [1.54, 1.807) is 11.3 Å². The Labute approximate surface area is 132 Å². The van der Waals surface area contributed by atoms with Crippen molar-refractivity contribution < 1.29 is 4.74 Å². The fraction of sp³-hybridized carbons (Fsp3) is 0.444. The molecule has 2 rings (SSSR count). The van der Waals surface area contributed by atoms with Crippen LogP contribution in [0.3, 0.4) is 0 Å². The summed E-state index contributed by atoms with van der Waals surface area (Å²) in [6.45, 7) is 12.1. The predicted octanol–water partition coefficient (Wildman–Crippen LogP) is 4.70. The van der Waals surface area contributed by atoms with Crippen molar-refractivity contribution in [3.63, 3.8) is 0 Å². The van der Waals surface area contributed by atoms with E-state index in [0.717, 1.165) is 5.75 Å². The molecular weight excluding hydrogens is 278 g/mol. The van der Waals surface area contributed by atoms with Gasteiger partial charge < -0.3 is 10.5 Å². The maximum Gasteiger partial charge on any atom is 0.123 e. The molecule has 0 aliphatic rings. The van der Waals surface area contributed by atoms with Crippen LogP contribution in [0.2, 0.25) is 0 Å². The fourth-order valence-electron chi connectivity index (χ4n) is 2.36. The quantitative estimate of drug-likeness (QED) is 0.888. The Morgan fingerprint density at radius 2 is 1.86 bits per heavy atom. The van der Waals surface area contributed by atoms with Crippen LogP contribution in [0.25, 0.3) is 0 Å². The van der Waals surface area contributed by atoms with Crippen LogP contribution in [-0.2, 0) is 18.6 Å². The van der Waals surface area contributed by atoms with E-state index in [0.29, 0.717) is 13.2 Å². The Hall–Kier alpha value is -1.32. The molecule has 2 N–H and O–H groups in total. The molecule has 3 heteroatoms. The number of hydrogen-bond donors (Lipinski definition) is 1. The molecule has 114 valence electrons. The van der Waals surface area contributed by atoms with E-state index in [1.807, 2.05) is 0 Å². The van der Waals surface area contributed by atoms with Gasteiger partial charge in [-0.2, -0.15) is 0 Å². The topological polar surface area (TPSA) is 35.2 Å². The second-order valence-electron chi connectivity index (χ2n) is 6.54. The normalized spacial score (nSPS) is 11.7. The molecule has 0 atom stereocenters. The Bertz CT molecular complexity index is 623. The van der Waals surface area contributed by atoms with E-state index < -0.39 is 0 Å². The molecule has 0 radical (unpaired) electrons. The van der Waals surface area contributed by atoms with Gasteiger partial charge in [-0.15, -0.1) is 11.3 Å². The summed E-state index contributed by atoms with van der Waals surface area (Å²) >= 11 is 1.76. The highest BCUT2D eigenvalue weighted by molar-refractivity contribution is 7.12. The molecule has 0 saturated heterocycles. The third-order valence-electron chi connectivity index (χ3n) is 3.60. The highest BCUT2D eigenvalue weighted by Crippen LogP contribution is 2.33. The number of nitrogens with two attached hydrogens (primary N) is 1. The average molecular weight is 303 g/mol. The van der Waals surface area contributed by atoms with Gasteiger partial charge in [0.15, 0.2) is 0 Å². The lowest BCUT2D eigenvalue weighted by Gasteiger charge is -2.23. The highest BCUT2D eigenvalue weighted by atomic mass is 32.1. The van der Waals surface area contributed by atoms with E-state index in [9.17, 15) is 0 Å². The van der Waals surface area contributed by atoms with Crippen LogP contribution < -0.4 is 10.5 Å². The van der Waals surface area contributed by atoms with Crippen LogP contribution >= 0.6 is 11.3 Å². The first kappa shape index (κ1) is 16.1. The third kappa shape index (κ3) is 3.86. The van der Waals surface area contributed by atoms with Gasteiger partial charge in [0.2, 0.25) is 0 Å². The van der Waals surface area contributed by atoms with Crippen LogP contribution in [0.5, 0.6) is 5.75 Å². The second-order valence-corrected chi connectivity index (χ2v) is 7.88. The lowest BCUT2D eigenvalue weighted by molar-refractivity contribution is 0.297. The van der Waals surface area contributed by atoms with Gasteiger partial charge in [0.1, 0.15) is 12.4 Å². The van der Waals surface area contributed by atoms with Crippen molar-refractivity contribution in [1.82, 2.24) is 0 Å². The summed E-state index contributed by atoms with van der Waals surface area (Å²) in [5.41, 5.74) is 9.50. The van der Waals surface area contributed by atoms with Crippen molar-refractivity contribution in [2.75, 3.05) is 0 Å². The lowest BCUT2D eigenvalue weighted by Crippen LogP contribution is -2.13. The standard InChI is InChI=1S/C18H25NOS/c1-12-6-7-16(18(3,4)5)17(8-12)20-11-14-9-15(10-19)21-13(14)2/h6-9H,10-11,19H2,1-5H3. The van der Waals surface area contributed by atoms with Gasteiger partial charge in [-0.1, -0.05) is 32.9 Å². The minimum atomic E-state index is 0.0785. The lowest BCUT2D eigenvalue weighted by atomic mass is 9.86. The summed E-state index contributed by atoms with van der Waals surface area (Å²) in [6.07, 6.45) is 0. The monoisotopic (exact) mass is 303 g/mol. The maximum absolute atomic E-state index is 6.14. The van der Waals surface area contributed by atoms with Crippen molar-refractivity contribution in [2.45, 2.75) is 53.2 Å². The zero-order valence-electron chi connectivity index (χ0n) is 13.6. The van der Waals surface area contributed by atoms with Crippen molar-refractivity contribution >= 4 is 11.3 Å². The van der Waals surface area contributed by atoms with Crippen molar-refractivity contribution in [1.29, 1.82) is 0 Å². The van der Waals surface area contributed by atoms with Gasteiger partial charge in [0.25, 0.3) is 0 Å². The smallest absolute Gasteiger partial charge is 0.123 e. The van der Waals surface area contributed by atoms with Crippen LogP contribution in [0.1, 0.15) is 47.2 Å². The molecule has 1 heterocycles. The van der Waals surface area contributed by atoms with Gasteiger partial charge in [0.05, 0.1) is 0 Å². The molecular formula is C18H25NOS. The Morgan fingerprint density at radius 3 is 2.43 bits per heavy atom. The molecule has 0 spiro atoms. The minimum Gasteiger partial charge on any atom is -0.489 e. The molecule has 2 aromatic rings. The first-order valence-corrected chi connectivity index (χ1v) is 8.15. The van der Waals surface area contributed by atoms with Gasteiger partial charge in [-0.25, -0.2) is 0 Å². The molecule has 0 unspecified atom stereocenters. The van der Waals surface area contributed by atoms with E-state index in [-0.39, 0.29) is 5.41 Å². The van der Waals surface area contributed by atoms with E-state index in [1.165, 1.54) is 26.4 Å². The van der Waals surface area contributed by atoms with E-state index in [2.05, 4.69) is 58.9 Å². The highest BCUT2D eigenvalue weighted by Gasteiger charge is 2.19. The summed E-state index contributed by atoms with van der Waals surface area (Å²) in [4.78, 5) is 2.51. The average Bonchev–Trinajstić information content (AvgIpc) is 2.75. The number of ether oxygens (including phenoxy) is 1. The van der Waals surface area contributed by atoms with Crippen molar-refractivity contribution in [3.8, 4) is 5.75 Å². The van der Waals surface area contributed by atoms with E-state index in [4.69, 9.17) is 10.5 Å². The molecule has 0 aliphatic carbocycles. The Balaban J connectivity index is 2.23. The zero-order chi connectivity index (χ0) is 15.6.